The number of carbonyl (C=O) groups excluding carboxylic acids is 1. The fourth-order valence-electron chi connectivity index (χ4n) is 3.91. The predicted molar refractivity (Wildman–Crippen MR) is 80.0 cm³/mol. The lowest BCUT2D eigenvalue weighted by Gasteiger charge is -2.38. The summed E-state index contributed by atoms with van der Waals surface area (Å²) < 4.78 is 0. The Balaban J connectivity index is 1.80. The first-order valence-electron chi connectivity index (χ1n) is 8.48. The largest absolute Gasteiger partial charge is 0.339 e. The molecule has 1 atom stereocenters. The zero-order valence-electron chi connectivity index (χ0n) is 12.9. The Labute approximate surface area is 118 Å². The maximum Gasteiger partial charge on any atom is 0.222 e. The fourth-order valence-corrected chi connectivity index (χ4v) is 3.91. The molecule has 0 N–H and O–H groups in total. The standard InChI is InChI=1S/C17H31NO/c1-14(2)16-10-6-7-13-18(16)17(19)12-11-15-8-4-3-5-9-15/h14-16H,3-13H2,1-2H3/t16-/m0/s1. The predicted octanol–water partition coefficient (Wildman–Crippen LogP) is 4.38. The van der Waals surface area contributed by atoms with E-state index in [4.69, 9.17) is 0 Å². The molecular formula is C17H31NO. The molecule has 1 saturated carbocycles. The van der Waals surface area contributed by atoms with Crippen molar-refractivity contribution in [1.82, 2.24) is 4.90 Å². The van der Waals surface area contributed by atoms with Gasteiger partial charge in [-0.1, -0.05) is 46.0 Å². The number of likely N-dealkylation sites (tertiary alicyclic amines) is 1. The number of carbonyl (C=O) groups is 1. The molecule has 2 heteroatoms. The average Bonchev–Trinajstić information content (AvgIpc) is 2.46. The van der Waals surface area contributed by atoms with Gasteiger partial charge in [0.25, 0.3) is 0 Å². The average molecular weight is 265 g/mol. The monoisotopic (exact) mass is 265 g/mol. The molecule has 2 nitrogen and oxygen atoms in total. The Hall–Kier alpha value is -0.530. The van der Waals surface area contributed by atoms with Crippen LogP contribution in [0.15, 0.2) is 0 Å². The van der Waals surface area contributed by atoms with Crippen LogP contribution in [0.3, 0.4) is 0 Å². The van der Waals surface area contributed by atoms with Crippen molar-refractivity contribution in [2.45, 2.75) is 84.1 Å². The van der Waals surface area contributed by atoms with Gasteiger partial charge < -0.3 is 4.90 Å². The van der Waals surface area contributed by atoms with Crippen LogP contribution in [0.25, 0.3) is 0 Å². The Morgan fingerprint density at radius 3 is 2.42 bits per heavy atom. The topological polar surface area (TPSA) is 20.3 Å². The van der Waals surface area contributed by atoms with Gasteiger partial charge in [-0.25, -0.2) is 0 Å². The maximum absolute atomic E-state index is 12.5. The molecule has 1 aliphatic heterocycles. The molecule has 2 fully saturated rings. The van der Waals surface area contributed by atoms with Crippen LogP contribution in [0.1, 0.15) is 78.1 Å². The first kappa shape index (κ1) is 14.9. The summed E-state index contributed by atoms with van der Waals surface area (Å²) in [7, 11) is 0. The summed E-state index contributed by atoms with van der Waals surface area (Å²) >= 11 is 0. The van der Waals surface area contributed by atoms with E-state index >= 15 is 0 Å². The Bertz CT molecular complexity index is 281. The second-order valence-electron chi connectivity index (χ2n) is 6.94. The van der Waals surface area contributed by atoms with E-state index in [9.17, 15) is 4.79 Å². The number of rotatable bonds is 4. The zero-order chi connectivity index (χ0) is 13.7. The van der Waals surface area contributed by atoms with Crippen LogP contribution in [0.5, 0.6) is 0 Å². The van der Waals surface area contributed by atoms with Gasteiger partial charge in [0, 0.05) is 19.0 Å². The van der Waals surface area contributed by atoms with Gasteiger partial charge in [0.2, 0.25) is 5.91 Å². The lowest BCUT2D eigenvalue weighted by Crippen LogP contribution is -2.46. The Morgan fingerprint density at radius 1 is 1.05 bits per heavy atom. The van der Waals surface area contributed by atoms with E-state index in [1.165, 1.54) is 51.4 Å². The highest BCUT2D eigenvalue weighted by atomic mass is 16.2. The van der Waals surface area contributed by atoms with Crippen molar-refractivity contribution in [3.05, 3.63) is 0 Å². The third kappa shape index (κ3) is 4.22. The summed E-state index contributed by atoms with van der Waals surface area (Å²) in [4.78, 5) is 14.7. The molecule has 2 rings (SSSR count). The first-order valence-corrected chi connectivity index (χ1v) is 8.48. The highest BCUT2D eigenvalue weighted by molar-refractivity contribution is 5.76. The third-order valence-corrected chi connectivity index (χ3v) is 5.13. The molecule has 0 unspecified atom stereocenters. The smallest absolute Gasteiger partial charge is 0.222 e. The van der Waals surface area contributed by atoms with Gasteiger partial charge in [-0.2, -0.15) is 0 Å². The van der Waals surface area contributed by atoms with Gasteiger partial charge in [-0.15, -0.1) is 0 Å². The van der Waals surface area contributed by atoms with Gasteiger partial charge in [0.05, 0.1) is 0 Å². The zero-order valence-corrected chi connectivity index (χ0v) is 12.9. The highest BCUT2D eigenvalue weighted by Crippen LogP contribution is 2.29. The van der Waals surface area contributed by atoms with Crippen molar-refractivity contribution in [2.24, 2.45) is 11.8 Å². The van der Waals surface area contributed by atoms with Crippen LogP contribution in [-0.4, -0.2) is 23.4 Å². The molecule has 1 heterocycles. The minimum atomic E-state index is 0.434. The Morgan fingerprint density at radius 2 is 1.74 bits per heavy atom. The van der Waals surface area contributed by atoms with E-state index in [0.29, 0.717) is 17.9 Å². The molecule has 0 radical (unpaired) electrons. The summed E-state index contributed by atoms with van der Waals surface area (Å²) in [6.45, 7) is 5.53. The number of amides is 1. The second kappa shape index (κ2) is 7.31. The molecule has 1 amide bonds. The highest BCUT2D eigenvalue weighted by Gasteiger charge is 2.28. The minimum absolute atomic E-state index is 0.434. The quantitative estimate of drug-likeness (QED) is 0.738. The molecule has 0 aromatic carbocycles. The van der Waals surface area contributed by atoms with Crippen LogP contribution in [-0.2, 0) is 4.79 Å². The van der Waals surface area contributed by atoms with Crippen LogP contribution < -0.4 is 0 Å². The SMILES string of the molecule is CC(C)[C@@H]1CCCCN1C(=O)CCC1CCCCC1. The number of nitrogens with zero attached hydrogens (tertiary/aromatic N) is 1. The maximum atomic E-state index is 12.5. The van der Waals surface area contributed by atoms with Crippen LogP contribution in [0, 0.1) is 11.8 Å². The van der Waals surface area contributed by atoms with Crippen molar-refractivity contribution >= 4 is 5.91 Å². The number of piperidine rings is 1. The molecule has 110 valence electrons. The Kier molecular flexibility index (Phi) is 5.72. The van der Waals surface area contributed by atoms with Gasteiger partial charge in [0.1, 0.15) is 0 Å². The van der Waals surface area contributed by atoms with Gasteiger partial charge >= 0.3 is 0 Å². The van der Waals surface area contributed by atoms with E-state index in [-0.39, 0.29) is 0 Å². The minimum Gasteiger partial charge on any atom is -0.339 e. The molecule has 19 heavy (non-hydrogen) atoms. The second-order valence-corrected chi connectivity index (χ2v) is 6.94. The normalized spacial score (nSPS) is 25.8. The van der Waals surface area contributed by atoms with Crippen LogP contribution >= 0.6 is 0 Å². The number of hydrogen-bond donors (Lipinski definition) is 0. The molecular weight excluding hydrogens is 234 g/mol. The molecule has 0 aromatic heterocycles. The van der Waals surface area contributed by atoms with Crippen LogP contribution in [0.4, 0.5) is 0 Å². The summed E-state index contributed by atoms with van der Waals surface area (Å²) in [6, 6.07) is 0.507. The molecule has 1 saturated heterocycles. The van der Waals surface area contributed by atoms with E-state index < -0.39 is 0 Å². The summed E-state index contributed by atoms with van der Waals surface area (Å²) in [5.41, 5.74) is 0. The van der Waals surface area contributed by atoms with E-state index in [2.05, 4.69) is 18.7 Å². The van der Waals surface area contributed by atoms with E-state index in [0.717, 1.165) is 25.3 Å². The fraction of sp³-hybridized carbons (Fsp3) is 0.941. The van der Waals surface area contributed by atoms with Crippen molar-refractivity contribution in [3.8, 4) is 0 Å². The van der Waals surface area contributed by atoms with Crippen molar-refractivity contribution in [2.75, 3.05) is 6.54 Å². The van der Waals surface area contributed by atoms with Crippen molar-refractivity contribution in [3.63, 3.8) is 0 Å². The van der Waals surface area contributed by atoms with Crippen molar-refractivity contribution < 1.29 is 4.79 Å². The third-order valence-electron chi connectivity index (χ3n) is 5.13. The van der Waals surface area contributed by atoms with E-state index in [1.807, 2.05) is 0 Å². The van der Waals surface area contributed by atoms with Gasteiger partial charge in [0.15, 0.2) is 0 Å². The van der Waals surface area contributed by atoms with Gasteiger partial charge in [-0.05, 0) is 37.5 Å². The number of hydrogen-bond acceptors (Lipinski definition) is 1. The summed E-state index contributed by atoms with van der Waals surface area (Å²) in [6.07, 6.45) is 12.6. The van der Waals surface area contributed by atoms with Crippen LogP contribution in [0.2, 0.25) is 0 Å². The first-order chi connectivity index (χ1) is 9.18. The lowest BCUT2D eigenvalue weighted by atomic mass is 9.85. The molecule has 2 aliphatic rings. The molecule has 0 bridgehead atoms. The lowest BCUT2D eigenvalue weighted by molar-refractivity contribution is -0.136. The van der Waals surface area contributed by atoms with Crippen molar-refractivity contribution in [1.29, 1.82) is 0 Å². The molecule has 0 aromatic rings. The summed E-state index contributed by atoms with van der Waals surface area (Å²) in [5, 5.41) is 0. The van der Waals surface area contributed by atoms with Gasteiger partial charge in [-0.3, -0.25) is 4.79 Å². The molecule has 0 spiro atoms. The van der Waals surface area contributed by atoms with E-state index in [1.54, 1.807) is 0 Å². The molecule has 1 aliphatic carbocycles. The summed E-state index contributed by atoms with van der Waals surface area (Å²) in [5.74, 6) is 1.88.